The number of nitrogens with one attached hydrogen (secondary N) is 1. The number of aliphatic hydroxyl groups is 1. The average Bonchev–Trinajstić information content (AvgIpc) is 2.38. The summed E-state index contributed by atoms with van der Waals surface area (Å²) in [5, 5.41) is 11.8. The van der Waals surface area contributed by atoms with Crippen molar-refractivity contribution in [3.05, 3.63) is 17.0 Å². The van der Waals surface area contributed by atoms with Gasteiger partial charge in [0.2, 0.25) is 5.28 Å². The molecule has 112 valence electrons. The van der Waals surface area contributed by atoms with Gasteiger partial charge in [0, 0.05) is 19.3 Å². The minimum Gasteiger partial charge on any atom is -0.394 e. The second-order valence-corrected chi connectivity index (χ2v) is 4.92. The highest BCUT2D eigenvalue weighted by Crippen LogP contribution is 2.31. The molecule has 9 heteroatoms. The molecule has 2 N–H and O–H groups in total. The van der Waals surface area contributed by atoms with Gasteiger partial charge in [-0.15, -0.1) is 0 Å². The molecule has 0 radical (unpaired) electrons. The molecule has 0 amide bonds. The summed E-state index contributed by atoms with van der Waals surface area (Å²) in [5.41, 5.74) is -1.88. The van der Waals surface area contributed by atoms with Crippen LogP contribution in [0.3, 0.4) is 0 Å². The molecule has 1 saturated heterocycles. The van der Waals surface area contributed by atoms with E-state index >= 15 is 0 Å². The van der Waals surface area contributed by atoms with Crippen molar-refractivity contribution in [2.45, 2.75) is 24.6 Å². The monoisotopic (exact) mass is 311 g/mol. The van der Waals surface area contributed by atoms with E-state index in [1.54, 1.807) is 0 Å². The van der Waals surface area contributed by atoms with Gasteiger partial charge in [0.05, 0.1) is 12.1 Å². The molecule has 0 atom stereocenters. The largest absolute Gasteiger partial charge is 0.433 e. The molecule has 0 aromatic carbocycles. The Labute approximate surface area is 118 Å². The Morgan fingerprint density at radius 2 is 2.00 bits per heavy atom. The Hall–Kier alpha value is -1.12. The lowest BCUT2D eigenvalue weighted by molar-refractivity contribution is -0.141. The van der Waals surface area contributed by atoms with Crippen LogP contribution in [0.4, 0.5) is 19.0 Å². The molecule has 1 aliphatic rings. The molecule has 0 saturated carbocycles. The third-order valence-electron chi connectivity index (χ3n) is 3.14. The van der Waals surface area contributed by atoms with E-state index in [0.29, 0.717) is 26.1 Å². The maximum atomic E-state index is 12.7. The summed E-state index contributed by atoms with van der Waals surface area (Å²) in [7, 11) is 0. The van der Waals surface area contributed by atoms with E-state index in [-0.39, 0.29) is 12.4 Å². The lowest BCUT2D eigenvalue weighted by Crippen LogP contribution is -2.47. The topological polar surface area (TPSA) is 67.3 Å². The van der Waals surface area contributed by atoms with E-state index < -0.39 is 22.7 Å². The number of rotatable bonds is 3. The first-order valence-electron chi connectivity index (χ1n) is 5.93. The van der Waals surface area contributed by atoms with Gasteiger partial charge in [-0.3, -0.25) is 0 Å². The molecular formula is C11H13ClF3N3O2. The molecule has 0 spiro atoms. The normalized spacial score (nSPS) is 18.9. The van der Waals surface area contributed by atoms with Gasteiger partial charge in [0.25, 0.3) is 0 Å². The predicted molar refractivity (Wildman–Crippen MR) is 65.5 cm³/mol. The van der Waals surface area contributed by atoms with Crippen molar-refractivity contribution in [2.75, 3.05) is 25.1 Å². The molecule has 1 aliphatic heterocycles. The van der Waals surface area contributed by atoms with Crippen LogP contribution >= 0.6 is 11.6 Å². The molecule has 0 unspecified atom stereocenters. The third kappa shape index (κ3) is 3.50. The first-order chi connectivity index (χ1) is 9.35. The third-order valence-corrected chi connectivity index (χ3v) is 3.30. The lowest BCUT2D eigenvalue weighted by atomic mass is 9.91. The molecule has 20 heavy (non-hydrogen) atoms. The minimum atomic E-state index is -4.61. The number of halogens is 4. The Kier molecular flexibility index (Phi) is 4.36. The van der Waals surface area contributed by atoms with E-state index in [9.17, 15) is 18.3 Å². The number of anilines is 1. The minimum absolute atomic E-state index is 0.0618. The molecule has 1 fully saturated rings. The van der Waals surface area contributed by atoms with Gasteiger partial charge >= 0.3 is 6.18 Å². The summed E-state index contributed by atoms with van der Waals surface area (Å²) in [4.78, 5) is 6.87. The van der Waals surface area contributed by atoms with Crippen LogP contribution in [0, 0.1) is 0 Å². The Bertz CT molecular complexity index is 478. The smallest absolute Gasteiger partial charge is 0.394 e. The highest BCUT2D eigenvalue weighted by Gasteiger charge is 2.36. The van der Waals surface area contributed by atoms with Gasteiger partial charge in [0.15, 0.2) is 5.69 Å². The molecule has 2 heterocycles. The van der Waals surface area contributed by atoms with Crippen LogP contribution in [0.15, 0.2) is 6.07 Å². The van der Waals surface area contributed by atoms with Gasteiger partial charge < -0.3 is 15.2 Å². The average molecular weight is 312 g/mol. The fraction of sp³-hybridized carbons (Fsp3) is 0.636. The first kappa shape index (κ1) is 15.3. The zero-order valence-electron chi connectivity index (χ0n) is 10.4. The molecule has 1 aromatic rings. The zero-order valence-corrected chi connectivity index (χ0v) is 11.1. The van der Waals surface area contributed by atoms with Gasteiger partial charge in [-0.1, -0.05) is 0 Å². The first-order valence-corrected chi connectivity index (χ1v) is 6.31. The summed E-state index contributed by atoms with van der Waals surface area (Å²) in [6.07, 6.45) is -3.68. The number of nitrogens with zero attached hydrogens (tertiary/aromatic N) is 2. The van der Waals surface area contributed by atoms with E-state index in [1.165, 1.54) is 0 Å². The van der Waals surface area contributed by atoms with Crippen LogP contribution in [0.25, 0.3) is 0 Å². The predicted octanol–water partition coefficient (Wildman–Crippen LogP) is 2.10. The highest BCUT2D eigenvalue weighted by molar-refractivity contribution is 6.28. The van der Waals surface area contributed by atoms with E-state index in [2.05, 4.69) is 15.3 Å². The molecule has 2 rings (SSSR count). The molecule has 0 bridgehead atoms. The summed E-state index contributed by atoms with van der Waals surface area (Å²) in [6, 6.07) is 0.777. The second-order valence-electron chi connectivity index (χ2n) is 4.58. The number of hydrogen-bond acceptors (Lipinski definition) is 5. The van der Waals surface area contributed by atoms with Crippen LogP contribution < -0.4 is 5.32 Å². The summed E-state index contributed by atoms with van der Waals surface area (Å²) in [6.45, 7) is 0.594. The standard InChI is InChI=1S/C11H13ClF3N3O2/c12-9-16-7(11(13,14)15)5-8(17-9)18-10(6-19)1-3-20-4-2-10/h5,19H,1-4,6H2,(H,16,17,18). The van der Waals surface area contributed by atoms with Crippen LogP contribution in [0.2, 0.25) is 5.28 Å². The fourth-order valence-corrected chi connectivity index (χ4v) is 2.17. The number of aromatic nitrogens is 2. The maximum absolute atomic E-state index is 12.7. The Morgan fingerprint density at radius 1 is 1.35 bits per heavy atom. The number of hydrogen-bond donors (Lipinski definition) is 2. The van der Waals surface area contributed by atoms with Crippen molar-refractivity contribution in [3.63, 3.8) is 0 Å². The van der Waals surface area contributed by atoms with Crippen molar-refractivity contribution < 1.29 is 23.0 Å². The van der Waals surface area contributed by atoms with Crippen molar-refractivity contribution in [1.29, 1.82) is 0 Å². The van der Waals surface area contributed by atoms with E-state index in [1.807, 2.05) is 0 Å². The summed E-state index contributed by atoms with van der Waals surface area (Å²) in [5.74, 6) is -0.0618. The van der Waals surface area contributed by atoms with Crippen molar-refractivity contribution in [3.8, 4) is 0 Å². The van der Waals surface area contributed by atoms with Crippen LogP contribution in [0.5, 0.6) is 0 Å². The quantitative estimate of drug-likeness (QED) is 0.837. The number of alkyl halides is 3. The number of aliphatic hydroxyl groups excluding tert-OH is 1. The summed E-state index contributed by atoms with van der Waals surface area (Å²) < 4.78 is 43.1. The fourth-order valence-electron chi connectivity index (χ4n) is 1.98. The van der Waals surface area contributed by atoms with Gasteiger partial charge in [-0.2, -0.15) is 13.2 Å². The van der Waals surface area contributed by atoms with Gasteiger partial charge in [-0.25, -0.2) is 9.97 Å². The maximum Gasteiger partial charge on any atom is 0.433 e. The van der Waals surface area contributed by atoms with Gasteiger partial charge in [0.1, 0.15) is 5.82 Å². The Morgan fingerprint density at radius 3 is 2.55 bits per heavy atom. The van der Waals surface area contributed by atoms with Crippen molar-refractivity contribution >= 4 is 17.4 Å². The van der Waals surface area contributed by atoms with Gasteiger partial charge in [-0.05, 0) is 24.4 Å². The van der Waals surface area contributed by atoms with Crippen molar-refractivity contribution in [1.82, 2.24) is 9.97 Å². The summed E-state index contributed by atoms with van der Waals surface area (Å²) >= 11 is 5.51. The van der Waals surface area contributed by atoms with Crippen molar-refractivity contribution in [2.24, 2.45) is 0 Å². The van der Waals surface area contributed by atoms with Crippen LogP contribution in [-0.2, 0) is 10.9 Å². The Balaban J connectivity index is 2.26. The molecular weight excluding hydrogens is 299 g/mol. The molecule has 5 nitrogen and oxygen atoms in total. The molecule has 1 aromatic heterocycles. The second kappa shape index (κ2) is 5.71. The molecule has 0 aliphatic carbocycles. The lowest BCUT2D eigenvalue weighted by Gasteiger charge is -2.36. The highest BCUT2D eigenvalue weighted by atomic mass is 35.5. The van der Waals surface area contributed by atoms with E-state index in [4.69, 9.17) is 16.3 Å². The van der Waals surface area contributed by atoms with Crippen LogP contribution in [0.1, 0.15) is 18.5 Å². The SMILES string of the molecule is OCC1(Nc2cc(C(F)(F)F)nc(Cl)n2)CCOCC1. The zero-order chi connectivity index (χ0) is 14.8. The number of ether oxygens (including phenoxy) is 1. The van der Waals surface area contributed by atoms with E-state index in [0.717, 1.165) is 6.07 Å². The van der Waals surface area contributed by atoms with Crippen LogP contribution in [-0.4, -0.2) is 40.4 Å².